The average Bonchev–Trinajstić information content (AvgIpc) is 2.92. The van der Waals surface area contributed by atoms with Gasteiger partial charge in [-0.3, -0.25) is 0 Å². The highest BCUT2D eigenvalue weighted by molar-refractivity contribution is 7.91. The van der Waals surface area contributed by atoms with Crippen LogP contribution >= 0.6 is 0 Å². The summed E-state index contributed by atoms with van der Waals surface area (Å²) in [6.07, 6.45) is 2.21. The van der Waals surface area contributed by atoms with Gasteiger partial charge in [-0.2, -0.15) is 10.1 Å². The third-order valence-corrected chi connectivity index (χ3v) is 6.30. The molecule has 0 aliphatic carbocycles. The molecular formula is C17H23N5O2S. The standard InChI is InChI=1S/C17H23N5O2S/c1-4-22(14-8-9-25(23,24)11-14)15-10-18-21-17(19-15)20-16-12(2)6-5-7-13(16)3/h5-7,10,14H,4,8-9,11H2,1-3H3,(H,19,20,21). The minimum absolute atomic E-state index is 0.0558. The van der Waals surface area contributed by atoms with E-state index in [0.717, 1.165) is 16.8 Å². The molecule has 7 nitrogen and oxygen atoms in total. The van der Waals surface area contributed by atoms with E-state index in [4.69, 9.17) is 0 Å². The van der Waals surface area contributed by atoms with Gasteiger partial charge in [0.05, 0.1) is 17.7 Å². The van der Waals surface area contributed by atoms with Crippen molar-refractivity contribution in [3.05, 3.63) is 35.5 Å². The fourth-order valence-electron chi connectivity index (χ4n) is 3.24. The van der Waals surface area contributed by atoms with E-state index in [-0.39, 0.29) is 17.5 Å². The number of aromatic nitrogens is 3. The summed E-state index contributed by atoms with van der Waals surface area (Å²) in [5.41, 5.74) is 3.17. The van der Waals surface area contributed by atoms with Crippen LogP contribution in [0.3, 0.4) is 0 Å². The zero-order valence-electron chi connectivity index (χ0n) is 14.7. The topological polar surface area (TPSA) is 88.1 Å². The lowest BCUT2D eigenvalue weighted by atomic mass is 10.1. The Labute approximate surface area is 148 Å². The van der Waals surface area contributed by atoms with Gasteiger partial charge in [-0.05, 0) is 38.3 Å². The molecule has 134 valence electrons. The molecule has 0 bridgehead atoms. The molecule has 0 radical (unpaired) electrons. The first-order valence-corrected chi connectivity index (χ1v) is 10.2. The molecule has 3 rings (SSSR count). The number of rotatable bonds is 5. The Morgan fingerprint density at radius 3 is 2.60 bits per heavy atom. The molecule has 1 fully saturated rings. The summed E-state index contributed by atoms with van der Waals surface area (Å²) in [5.74, 6) is 1.47. The molecule has 2 aromatic rings. The van der Waals surface area contributed by atoms with Crippen LogP contribution < -0.4 is 10.2 Å². The van der Waals surface area contributed by atoms with E-state index in [0.29, 0.717) is 24.7 Å². The van der Waals surface area contributed by atoms with Crippen molar-refractivity contribution in [1.29, 1.82) is 0 Å². The Bertz CT molecular complexity index is 849. The molecule has 1 aromatic carbocycles. The quantitative estimate of drug-likeness (QED) is 0.874. The van der Waals surface area contributed by atoms with E-state index in [2.05, 4.69) is 20.5 Å². The van der Waals surface area contributed by atoms with Gasteiger partial charge in [-0.1, -0.05) is 18.2 Å². The van der Waals surface area contributed by atoms with E-state index in [1.807, 2.05) is 43.9 Å². The van der Waals surface area contributed by atoms with Crippen LogP contribution in [0.2, 0.25) is 0 Å². The number of anilines is 3. The van der Waals surface area contributed by atoms with Crippen LogP contribution in [0.4, 0.5) is 17.5 Å². The van der Waals surface area contributed by atoms with Crippen LogP contribution in [0.25, 0.3) is 0 Å². The summed E-state index contributed by atoms with van der Waals surface area (Å²) >= 11 is 0. The molecule has 1 saturated heterocycles. The van der Waals surface area contributed by atoms with Gasteiger partial charge in [-0.25, -0.2) is 8.42 Å². The van der Waals surface area contributed by atoms with E-state index in [1.54, 1.807) is 6.20 Å². The number of hydrogen-bond donors (Lipinski definition) is 1. The van der Waals surface area contributed by atoms with Gasteiger partial charge in [0.2, 0.25) is 5.95 Å². The third-order valence-electron chi connectivity index (χ3n) is 4.55. The average molecular weight is 361 g/mol. The molecule has 25 heavy (non-hydrogen) atoms. The van der Waals surface area contributed by atoms with Crippen molar-refractivity contribution in [2.24, 2.45) is 0 Å². The van der Waals surface area contributed by atoms with E-state index in [9.17, 15) is 8.42 Å². The lowest BCUT2D eigenvalue weighted by Gasteiger charge is -2.27. The largest absolute Gasteiger partial charge is 0.351 e. The first-order valence-electron chi connectivity index (χ1n) is 8.39. The highest BCUT2D eigenvalue weighted by atomic mass is 32.2. The second-order valence-electron chi connectivity index (χ2n) is 6.37. The Hall–Kier alpha value is -2.22. The fourth-order valence-corrected chi connectivity index (χ4v) is 4.97. The van der Waals surface area contributed by atoms with Gasteiger partial charge in [0.15, 0.2) is 15.7 Å². The molecule has 0 amide bonds. The molecule has 2 heterocycles. The second-order valence-corrected chi connectivity index (χ2v) is 8.60. The minimum atomic E-state index is -2.95. The first-order chi connectivity index (χ1) is 11.9. The predicted octanol–water partition coefficient (Wildman–Crippen LogP) is 2.25. The van der Waals surface area contributed by atoms with Crippen molar-refractivity contribution < 1.29 is 8.42 Å². The molecule has 1 atom stereocenters. The molecule has 1 aliphatic heterocycles. The number of nitrogens with one attached hydrogen (secondary N) is 1. The van der Waals surface area contributed by atoms with Gasteiger partial charge >= 0.3 is 0 Å². The number of hydrogen-bond acceptors (Lipinski definition) is 7. The van der Waals surface area contributed by atoms with Crippen molar-refractivity contribution in [2.45, 2.75) is 33.2 Å². The summed E-state index contributed by atoms with van der Waals surface area (Å²) in [6, 6.07) is 5.99. The predicted molar refractivity (Wildman–Crippen MR) is 99.1 cm³/mol. The number of nitrogens with zero attached hydrogens (tertiary/aromatic N) is 4. The molecular weight excluding hydrogens is 338 g/mol. The smallest absolute Gasteiger partial charge is 0.249 e. The fraction of sp³-hybridized carbons (Fsp3) is 0.471. The van der Waals surface area contributed by atoms with E-state index >= 15 is 0 Å². The maximum atomic E-state index is 11.8. The molecule has 0 spiro atoms. The number of para-hydroxylation sites is 1. The summed E-state index contributed by atoms with van der Waals surface area (Å²) in [6.45, 7) is 6.70. The number of benzene rings is 1. The SMILES string of the molecule is CCN(c1cnnc(Nc2c(C)cccc2C)n1)C1CCS(=O)(=O)C1. The van der Waals surface area contributed by atoms with Crippen LogP contribution in [0, 0.1) is 13.8 Å². The highest BCUT2D eigenvalue weighted by Gasteiger charge is 2.32. The Morgan fingerprint density at radius 2 is 2.00 bits per heavy atom. The maximum absolute atomic E-state index is 11.8. The number of aryl methyl sites for hydroxylation is 2. The Balaban J connectivity index is 1.85. The molecule has 1 aliphatic rings. The maximum Gasteiger partial charge on any atom is 0.249 e. The Morgan fingerprint density at radius 1 is 1.28 bits per heavy atom. The zero-order valence-corrected chi connectivity index (χ0v) is 15.5. The van der Waals surface area contributed by atoms with Crippen LogP contribution in [0.15, 0.2) is 24.4 Å². The van der Waals surface area contributed by atoms with Crippen molar-refractivity contribution in [3.63, 3.8) is 0 Å². The normalized spacial score (nSPS) is 18.9. The molecule has 1 aromatic heterocycles. The van der Waals surface area contributed by atoms with Gasteiger partial charge in [0.25, 0.3) is 0 Å². The van der Waals surface area contributed by atoms with Crippen LogP contribution in [-0.2, 0) is 9.84 Å². The van der Waals surface area contributed by atoms with Crippen LogP contribution in [0.1, 0.15) is 24.5 Å². The first kappa shape index (κ1) is 17.6. The van der Waals surface area contributed by atoms with Crippen molar-refractivity contribution in [1.82, 2.24) is 15.2 Å². The zero-order chi connectivity index (χ0) is 18.0. The monoisotopic (exact) mass is 361 g/mol. The van der Waals surface area contributed by atoms with Crippen molar-refractivity contribution >= 4 is 27.3 Å². The van der Waals surface area contributed by atoms with E-state index in [1.165, 1.54) is 0 Å². The van der Waals surface area contributed by atoms with Gasteiger partial charge in [0, 0.05) is 18.3 Å². The lowest BCUT2D eigenvalue weighted by Crippen LogP contribution is -2.37. The summed E-state index contributed by atoms with van der Waals surface area (Å²) in [7, 11) is -2.95. The summed E-state index contributed by atoms with van der Waals surface area (Å²) in [4.78, 5) is 6.56. The van der Waals surface area contributed by atoms with E-state index < -0.39 is 9.84 Å². The van der Waals surface area contributed by atoms with Gasteiger partial charge in [-0.15, -0.1) is 5.10 Å². The highest BCUT2D eigenvalue weighted by Crippen LogP contribution is 2.25. The third kappa shape index (κ3) is 3.89. The Kier molecular flexibility index (Phi) is 4.89. The van der Waals surface area contributed by atoms with Gasteiger partial charge < -0.3 is 10.2 Å². The number of sulfone groups is 1. The summed E-state index contributed by atoms with van der Waals surface area (Å²) < 4.78 is 23.6. The molecule has 1 unspecified atom stereocenters. The molecule has 0 saturated carbocycles. The second kappa shape index (κ2) is 6.95. The van der Waals surface area contributed by atoms with Crippen LogP contribution in [-0.4, -0.2) is 47.7 Å². The summed E-state index contributed by atoms with van der Waals surface area (Å²) in [5, 5.41) is 11.4. The van der Waals surface area contributed by atoms with Crippen molar-refractivity contribution in [3.8, 4) is 0 Å². The molecule has 1 N–H and O–H groups in total. The van der Waals surface area contributed by atoms with Gasteiger partial charge in [0.1, 0.15) is 0 Å². The van der Waals surface area contributed by atoms with Crippen LogP contribution in [0.5, 0.6) is 0 Å². The van der Waals surface area contributed by atoms with Crippen molar-refractivity contribution in [2.75, 3.05) is 28.3 Å². The molecule has 8 heteroatoms. The lowest BCUT2D eigenvalue weighted by molar-refractivity contribution is 0.599. The minimum Gasteiger partial charge on any atom is -0.351 e.